The normalized spacial score (nSPS) is 16.3. The smallest absolute Gasteiger partial charge is 0.176 e. The van der Waals surface area contributed by atoms with Crippen molar-refractivity contribution in [2.24, 2.45) is 0 Å². The van der Waals surface area contributed by atoms with Gasteiger partial charge < -0.3 is 9.80 Å². The number of rotatable bonds is 3. The molecule has 1 fully saturated rings. The van der Waals surface area contributed by atoms with E-state index in [1.807, 2.05) is 24.3 Å². The molecule has 94 valence electrons. The molecule has 0 radical (unpaired) electrons. The fourth-order valence-electron chi connectivity index (χ4n) is 2.11. The maximum atomic E-state index is 11.7. The number of ketones is 1. The summed E-state index contributed by atoms with van der Waals surface area (Å²) in [5, 5.41) is 8.56. The lowest BCUT2D eigenvalue weighted by Crippen LogP contribution is -2.44. The zero-order valence-corrected chi connectivity index (χ0v) is 10.6. The predicted molar refractivity (Wildman–Crippen MR) is 70.7 cm³/mol. The molecule has 1 aliphatic heterocycles. The first-order valence-electron chi connectivity index (χ1n) is 6.14. The Morgan fingerprint density at radius 3 is 2.72 bits per heavy atom. The van der Waals surface area contributed by atoms with Gasteiger partial charge in [-0.2, -0.15) is 5.26 Å². The minimum Gasteiger partial charge on any atom is -0.369 e. The highest BCUT2D eigenvalue weighted by atomic mass is 16.1. The molecule has 0 spiro atoms. The van der Waals surface area contributed by atoms with Gasteiger partial charge in [0, 0.05) is 37.4 Å². The Hall–Kier alpha value is -1.86. The molecule has 4 nitrogen and oxygen atoms in total. The summed E-state index contributed by atoms with van der Waals surface area (Å²) in [7, 11) is 2.12. The van der Waals surface area contributed by atoms with E-state index in [2.05, 4.69) is 16.8 Å². The lowest BCUT2D eigenvalue weighted by Gasteiger charge is -2.34. The van der Waals surface area contributed by atoms with Crippen LogP contribution < -0.4 is 4.90 Å². The van der Waals surface area contributed by atoms with Crippen LogP contribution in [0.4, 0.5) is 5.69 Å². The molecule has 1 aromatic carbocycles. The fourth-order valence-corrected chi connectivity index (χ4v) is 2.11. The molecule has 18 heavy (non-hydrogen) atoms. The predicted octanol–water partition coefficient (Wildman–Crippen LogP) is 1.53. The van der Waals surface area contributed by atoms with Crippen molar-refractivity contribution in [2.45, 2.75) is 6.42 Å². The second kappa shape index (κ2) is 5.65. The molecule has 1 saturated heterocycles. The number of likely N-dealkylation sites (N-methyl/N-ethyl adjacent to an activating group) is 1. The number of carbonyl (C=O) groups excluding carboxylic acids is 1. The Balaban J connectivity index is 2.12. The van der Waals surface area contributed by atoms with Gasteiger partial charge in [0.25, 0.3) is 0 Å². The topological polar surface area (TPSA) is 47.3 Å². The van der Waals surface area contributed by atoms with Crippen molar-refractivity contribution in [1.82, 2.24) is 4.90 Å². The van der Waals surface area contributed by atoms with E-state index in [0.29, 0.717) is 5.56 Å². The van der Waals surface area contributed by atoms with Crippen LogP contribution in [0.3, 0.4) is 0 Å². The first-order valence-corrected chi connectivity index (χ1v) is 6.14. The van der Waals surface area contributed by atoms with Crippen LogP contribution in [0.25, 0.3) is 0 Å². The summed E-state index contributed by atoms with van der Waals surface area (Å²) in [6.45, 7) is 4.03. The van der Waals surface area contributed by atoms with Gasteiger partial charge in [0.05, 0.1) is 12.5 Å². The second-order valence-electron chi connectivity index (χ2n) is 4.60. The number of hydrogen-bond donors (Lipinski definition) is 0. The third kappa shape index (κ3) is 2.88. The highest BCUT2D eigenvalue weighted by Crippen LogP contribution is 2.18. The van der Waals surface area contributed by atoms with Crippen LogP contribution in [0.15, 0.2) is 24.3 Å². The number of nitriles is 1. The van der Waals surface area contributed by atoms with E-state index >= 15 is 0 Å². The summed E-state index contributed by atoms with van der Waals surface area (Å²) in [5.74, 6) is -0.103. The molecule has 0 aliphatic carbocycles. The zero-order valence-electron chi connectivity index (χ0n) is 10.6. The maximum absolute atomic E-state index is 11.7. The maximum Gasteiger partial charge on any atom is 0.176 e. The van der Waals surface area contributed by atoms with Gasteiger partial charge >= 0.3 is 0 Å². The van der Waals surface area contributed by atoms with E-state index in [-0.39, 0.29) is 12.2 Å². The molecule has 0 atom stereocenters. The Kier molecular flexibility index (Phi) is 3.96. The van der Waals surface area contributed by atoms with Crippen molar-refractivity contribution in [3.63, 3.8) is 0 Å². The van der Waals surface area contributed by atoms with Crippen LogP contribution in [-0.4, -0.2) is 43.9 Å². The van der Waals surface area contributed by atoms with Gasteiger partial charge in [-0.3, -0.25) is 4.79 Å². The van der Waals surface area contributed by atoms with Crippen LogP contribution in [-0.2, 0) is 0 Å². The summed E-state index contributed by atoms with van der Waals surface area (Å²) >= 11 is 0. The fraction of sp³-hybridized carbons (Fsp3) is 0.429. The Morgan fingerprint density at radius 1 is 1.33 bits per heavy atom. The molecule has 1 aliphatic rings. The average Bonchev–Trinajstić information content (AvgIpc) is 2.40. The SMILES string of the molecule is CN1CCN(c2cccc(C(=O)CC#N)c2)CC1. The van der Waals surface area contributed by atoms with Crippen LogP contribution in [0.2, 0.25) is 0 Å². The molecule has 4 heteroatoms. The summed E-state index contributed by atoms with van der Waals surface area (Å²) < 4.78 is 0. The minimum absolute atomic E-state index is 0.0494. The van der Waals surface area contributed by atoms with E-state index in [4.69, 9.17) is 5.26 Å². The van der Waals surface area contributed by atoms with Crippen molar-refractivity contribution in [1.29, 1.82) is 5.26 Å². The van der Waals surface area contributed by atoms with Crippen molar-refractivity contribution in [2.75, 3.05) is 38.1 Å². The molecule has 1 aromatic rings. The van der Waals surface area contributed by atoms with Gasteiger partial charge in [-0.05, 0) is 19.2 Å². The molecule has 2 rings (SSSR count). The standard InChI is InChI=1S/C14H17N3O/c1-16-7-9-17(10-8-16)13-4-2-3-12(11-13)14(18)5-6-15/h2-4,11H,5,7-10H2,1H3. The average molecular weight is 243 g/mol. The Morgan fingerprint density at radius 2 is 2.06 bits per heavy atom. The molecule has 0 amide bonds. The molecular weight excluding hydrogens is 226 g/mol. The van der Waals surface area contributed by atoms with Gasteiger partial charge in [-0.25, -0.2) is 0 Å². The quantitative estimate of drug-likeness (QED) is 0.755. The molecular formula is C14H17N3O. The van der Waals surface area contributed by atoms with Crippen molar-refractivity contribution < 1.29 is 4.79 Å². The van der Waals surface area contributed by atoms with Crippen LogP contribution >= 0.6 is 0 Å². The number of Topliss-reactive ketones (excluding diaryl/α,β-unsaturated/α-hetero) is 1. The highest BCUT2D eigenvalue weighted by Gasteiger charge is 2.15. The van der Waals surface area contributed by atoms with Crippen molar-refractivity contribution >= 4 is 11.5 Å². The number of benzene rings is 1. The van der Waals surface area contributed by atoms with Gasteiger partial charge in [-0.1, -0.05) is 12.1 Å². The molecule has 0 unspecified atom stereocenters. The van der Waals surface area contributed by atoms with E-state index in [1.54, 1.807) is 6.07 Å². The number of anilines is 1. The van der Waals surface area contributed by atoms with E-state index in [1.165, 1.54) is 0 Å². The monoisotopic (exact) mass is 243 g/mol. The second-order valence-corrected chi connectivity index (χ2v) is 4.60. The van der Waals surface area contributed by atoms with Crippen LogP contribution in [0.5, 0.6) is 0 Å². The summed E-state index contributed by atoms with van der Waals surface area (Å²) in [5.41, 5.74) is 1.71. The molecule has 0 N–H and O–H groups in total. The summed E-state index contributed by atoms with van der Waals surface area (Å²) in [6.07, 6.45) is -0.0494. The number of hydrogen-bond acceptors (Lipinski definition) is 4. The molecule has 1 heterocycles. The molecule has 0 bridgehead atoms. The largest absolute Gasteiger partial charge is 0.369 e. The third-order valence-corrected chi connectivity index (χ3v) is 3.28. The third-order valence-electron chi connectivity index (χ3n) is 3.28. The lowest BCUT2D eigenvalue weighted by molar-refractivity contribution is 0.0997. The minimum atomic E-state index is -0.103. The highest BCUT2D eigenvalue weighted by molar-refractivity contribution is 5.98. The van der Waals surface area contributed by atoms with E-state index in [9.17, 15) is 4.79 Å². The van der Waals surface area contributed by atoms with E-state index < -0.39 is 0 Å². The first-order chi connectivity index (χ1) is 8.70. The number of piperazine rings is 1. The summed E-state index contributed by atoms with van der Waals surface area (Å²) in [4.78, 5) is 16.3. The van der Waals surface area contributed by atoms with Gasteiger partial charge in [-0.15, -0.1) is 0 Å². The number of carbonyl (C=O) groups is 1. The van der Waals surface area contributed by atoms with Crippen LogP contribution in [0, 0.1) is 11.3 Å². The molecule has 0 saturated carbocycles. The van der Waals surface area contributed by atoms with Crippen molar-refractivity contribution in [3.8, 4) is 6.07 Å². The zero-order chi connectivity index (χ0) is 13.0. The van der Waals surface area contributed by atoms with Gasteiger partial charge in [0.15, 0.2) is 5.78 Å². The Bertz CT molecular complexity index is 470. The van der Waals surface area contributed by atoms with E-state index in [0.717, 1.165) is 31.9 Å². The molecule has 0 aromatic heterocycles. The van der Waals surface area contributed by atoms with Gasteiger partial charge in [0.2, 0.25) is 0 Å². The van der Waals surface area contributed by atoms with Gasteiger partial charge in [0.1, 0.15) is 0 Å². The van der Waals surface area contributed by atoms with Crippen LogP contribution in [0.1, 0.15) is 16.8 Å². The Labute approximate surface area is 107 Å². The van der Waals surface area contributed by atoms with Crippen molar-refractivity contribution in [3.05, 3.63) is 29.8 Å². The lowest BCUT2D eigenvalue weighted by atomic mass is 10.1. The summed E-state index contributed by atoms with van der Waals surface area (Å²) in [6, 6.07) is 9.48. The number of nitrogens with zero attached hydrogens (tertiary/aromatic N) is 3. The first kappa shape index (κ1) is 12.6.